The monoisotopic (exact) mass is 311 g/mol. The standard InChI is InChI=1S/C13H18ClN5O2/c1-8(2)7-19-13(20)12(14)10(6-16-19)15-5-4-11-17-9(3)21-18-11/h6,8,15H,4-5,7H2,1-3H3. The Kier molecular flexibility index (Phi) is 4.95. The molecule has 114 valence electrons. The number of halogens is 1. The molecule has 8 heteroatoms. The van der Waals surface area contributed by atoms with Gasteiger partial charge in [0.15, 0.2) is 5.82 Å². The van der Waals surface area contributed by atoms with Crippen LogP contribution in [0.5, 0.6) is 0 Å². The van der Waals surface area contributed by atoms with Gasteiger partial charge in [-0.15, -0.1) is 0 Å². The highest BCUT2D eigenvalue weighted by atomic mass is 35.5. The minimum atomic E-state index is -0.286. The average molecular weight is 312 g/mol. The molecule has 2 aromatic heterocycles. The van der Waals surface area contributed by atoms with E-state index in [-0.39, 0.29) is 10.6 Å². The van der Waals surface area contributed by atoms with Gasteiger partial charge in [0.1, 0.15) is 5.02 Å². The minimum Gasteiger partial charge on any atom is -0.382 e. The smallest absolute Gasteiger partial charge is 0.287 e. The molecule has 0 aliphatic heterocycles. The molecule has 0 unspecified atom stereocenters. The minimum absolute atomic E-state index is 0.148. The summed E-state index contributed by atoms with van der Waals surface area (Å²) in [5.74, 6) is 1.46. The van der Waals surface area contributed by atoms with Gasteiger partial charge in [0.25, 0.3) is 5.56 Å². The number of nitrogens with zero attached hydrogens (tertiary/aromatic N) is 4. The van der Waals surface area contributed by atoms with Crippen LogP contribution in [0.25, 0.3) is 0 Å². The van der Waals surface area contributed by atoms with Crippen molar-refractivity contribution in [2.45, 2.75) is 33.7 Å². The third kappa shape index (κ3) is 4.04. The maximum Gasteiger partial charge on any atom is 0.287 e. The molecule has 0 bridgehead atoms. The Balaban J connectivity index is 2.00. The zero-order chi connectivity index (χ0) is 15.4. The van der Waals surface area contributed by atoms with Crippen LogP contribution >= 0.6 is 11.6 Å². The summed E-state index contributed by atoms with van der Waals surface area (Å²) in [5, 5.41) is 11.1. The second-order valence-electron chi connectivity index (χ2n) is 5.16. The molecule has 2 rings (SSSR count). The Morgan fingerprint density at radius 1 is 1.48 bits per heavy atom. The van der Waals surface area contributed by atoms with Crippen molar-refractivity contribution in [1.82, 2.24) is 19.9 Å². The number of nitrogens with one attached hydrogen (secondary N) is 1. The van der Waals surface area contributed by atoms with Crippen molar-refractivity contribution in [3.05, 3.63) is 33.3 Å². The fourth-order valence-electron chi connectivity index (χ4n) is 1.82. The topological polar surface area (TPSA) is 85.8 Å². The Hall–Kier alpha value is -1.89. The largest absolute Gasteiger partial charge is 0.382 e. The molecular weight excluding hydrogens is 294 g/mol. The van der Waals surface area contributed by atoms with Crippen molar-refractivity contribution in [1.29, 1.82) is 0 Å². The molecule has 0 spiro atoms. The normalized spacial score (nSPS) is 11.1. The van der Waals surface area contributed by atoms with E-state index in [2.05, 4.69) is 20.6 Å². The zero-order valence-electron chi connectivity index (χ0n) is 12.3. The first-order valence-corrected chi connectivity index (χ1v) is 7.14. The Morgan fingerprint density at radius 3 is 2.86 bits per heavy atom. The van der Waals surface area contributed by atoms with Crippen LogP contribution in [0.4, 0.5) is 5.69 Å². The molecule has 2 aromatic rings. The molecule has 0 saturated carbocycles. The summed E-state index contributed by atoms with van der Waals surface area (Å²) in [7, 11) is 0. The van der Waals surface area contributed by atoms with Gasteiger partial charge >= 0.3 is 0 Å². The molecule has 2 heterocycles. The van der Waals surface area contributed by atoms with Crippen LogP contribution in [0.2, 0.25) is 5.02 Å². The first-order chi connectivity index (χ1) is 9.97. The predicted molar refractivity (Wildman–Crippen MR) is 79.6 cm³/mol. The third-order valence-corrected chi connectivity index (χ3v) is 3.12. The Morgan fingerprint density at radius 2 is 2.24 bits per heavy atom. The Bertz CT molecular complexity index is 665. The van der Waals surface area contributed by atoms with E-state index in [0.717, 1.165) is 0 Å². The average Bonchev–Trinajstić information content (AvgIpc) is 2.83. The summed E-state index contributed by atoms with van der Waals surface area (Å²) in [6.07, 6.45) is 2.14. The quantitative estimate of drug-likeness (QED) is 0.877. The molecule has 21 heavy (non-hydrogen) atoms. The molecule has 0 aliphatic rings. The van der Waals surface area contributed by atoms with Gasteiger partial charge in [-0.25, -0.2) is 4.68 Å². The van der Waals surface area contributed by atoms with Crippen LogP contribution < -0.4 is 10.9 Å². The van der Waals surface area contributed by atoms with Gasteiger partial charge in [-0.3, -0.25) is 4.79 Å². The summed E-state index contributed by atoms with van der Waals surface area (Å²) < 4.78 is 6.26. The summed E-state index contributed by atoms with van der Waals surface area (Å²) >= 11 is 6.08. The van der Waals surface area contributed by atoms with Crippen molar-refractivity contribution in [2.75, 3.05) is 11.9 Å². The second-order valence-corrected chi connectivity index (χ2v) is 5.54. The van der Waals surface area contributed by atoms with E-state index >= 15 is 0 Å². The maximum atomic E-state index is 12.1. The highest BCUT2D eigenvalue weighted by Crippen LogP contribution is 2.15. The van der Waals surface area contributed by atoms with Gasteiger partial charge in [-0.05, 0) is 5.92 Å². The SMILES string of the molecule is Cc1nc(CCNc2cnn(CC(C)C)c(=O)c2Cl)no1. The molecule has 0 atom stereocenters. The van der Waals surface area contributed by atoms with Crippen LogP contribution in [0.15, 0.2) is 15.5 Å². The number of hydrogen-bond acceptors (Lipinski definition) is 6. The molecule has 0 saturated heterocycles. The van der Waals surface area contributed by atoms with Gasteiger partial charge in [-0.1, -0.05) is 30.6 Å². The lowest BCUT2D eigenvalue weighted by Crippen LogP contribution is -2.26. The first-order valence-electron chi connectivity index (χ1n) is 6.76. The molecular formula is C13H18ClN5O2. The van der Waals surface area contributed by atoms with E-state index in [0.29, 0.717) is 42.8 Å². The second kappa shape index (κ2) is 6.71. The lowest BCUT2D eigenvalue weighted by Gasteiger charge is -2.11. The van der Waals surface area contributed by atoms with E-state index in [9.17, 15) is 4.79 Å². The summed E-state index contributed by atoms with van der Waals surface area (Å²) in [6, 6.07) is 0. The number of anilines is 1. The highest BCUT2D eigenvalue weighted by Gasteiger charge is 2.10. The van der Waals surface area contributed by atoms with Crippen LogP contribution in [-0.2, 0) is 13.0 Å². The van der Waals surface area contributed by atoms with Crippen LogP contribution in [0.3, 0.4) is 0 Å². The van der Waals surface area contributed by atoms with Crippen LogP contribution in [0, 0.1) is 12.8 Å². The molecule has 0 radical (unpaired) electrons. The number of aryl methyl sites for hydroxylation is 1. The van der Waals surface area contributed by atoms with Gasteiger partial charge in [0.2, 0.25) is 5.89 Å². The van der Waals surface area contributed by atoms with E-state index < -0.39 is 0 Å². The number of rotatable bonds is 6. The molecule has 1 N–H and O–H groups in total. The predicted octanol–water partition coefficient (Wildman–Crippen LogP) is 1.90. The van der Waals surface area contributed by atoms with E-state index in [1.165, 1.54) is 4.68 Å². The number of aromatic nitrogens is 4. The molecule has 0 amide bonds. The maximum absolute atomic E-state index is 12.1. The van der Waals surface area contributed by atoms with Crippen molar-refractivity contribution in [3.63, 3.8) is 0 Å². The summed E-state index contributed by atoms with van der Waals surface area (Å²) in [4.78, 5) is 16.1. The lowest BCUT2D eigenvalue weighted by molar-refractivity contribution is 0.387. The zero-order valence-corrected chi connectivity index (χ0v) is 13.0. The fourth-order valence-corrected chi connectivity index (χ4v) is 2.03. The number of hydrogen-bond donors (Lipinski definition) is 1. The molecule has 0 fully saturated rings. The van der Waals surface area contributed by atoms with Gasteiger partial charge in [0, 0.05) is 26.4 Å². The van der Waals surface area contributed by atoms with Crippen molar-refractivity contribution in [3.8, 4) is 0 Å². The van der Waals surface area contributed by atoms with Crippen molar-refractivity contribution < 1.29 is 4.52 Å². The third-order valence-electron chi connectivity index (χ3n) is 2.76. The Labute approximate surface area is 127 Å². The van der Waals surface area contributed by atoms with Crippen molar-refractivity contribution in [2.24, 2.45) is 5.92 Å². The summed E-state index contributed by atoms with van der Waals surface area (Å²) in [5.41, 5.74) is 0.229. The highest BCUT2D eigenvalue weighted by molar-refractivity contribution is 6.32. The van der Waals surface area contributed by atoms with Gasteiger partial charge < -0.3 is 9.84 Å². The summed E-state index contributed by atoms with van der Waals surface area (Å²) in [6.45, 7) is 6.84. The van der Waals surface area contributed by atoms with E-state index in [1.807, 2.05) is 13.8 Å². The first kappa shape index (κ1) is 15.5. The van der Waals surface area contributed by atoms with E-state index in [4.69, 9.17) is 16.1 Å². The van der Waals surface area contributed by atoms with Gasteiger partial charge in [0.05, 0.1) is 11.9 Å². The molecule has 0 aromatic carbocycles. The fraction of sp³-hybridized carbons (Fsp3) is 0.538. The van der Waals surface area contributed by atoms with Crippen LogP contribution in [0.1, 0.15) is 25.6 Å². The van der Waals surface area contributed by atoms with Gasteiger partial charge in [-0.2, -0.15) is 10.1 Å². The van der Waals surface area contributed by atoms with Crippen molar-refractivity contribution >= 4 is 17.3 Å². The molecule has 7 nitrogen and oxygen atoms in total. The molecule has 0 aliphatic carbocycles. The van der Waals surface area contributed by atoms with Crippen LogP contribution in [-0.4, -0.2) is 26.5 Å². The van der Waals surface area contributed by atoms with E-state index in [1.54, 1.807) is 13.1 Å². The lowest BCUT2D eigenvalue weighted by atomic mass is 10.2.